The molecule has 0 aliphatic heterocycles. The number of rotatable bonds is 6. The van der Waals surface area contributed by atoms with Crippen molar-refractivity contribution in [2.45, 2.75) is 45.4 Å². The number of nitrogens with two attached hydrogens (primary N) is 1. The lowest BCUT2D eigenvalue weighted by Gasteiger charge is -2.27. The lowest BCUT2D eigenvalue weighted by Crippen LogP contribution is -2.22. The molecule has 0 spiro atoms. The zero-order chi connectivity index (χ0) is 15.1. The van der Waals surface area contributed by atoms with E-state index in [2.05, 4.69) is 24.3 Å². The Balaban J connectivity index is 1.81. The van der Waals surface area contributed by atoms with Gasteiger partial charge in [-0.15, -0.1) is 0 Å². The minimum absolute atomic E-state index is 0.148. The molecule has 0 bridgehead atoms. The van der Waals surface area contributed by atoms with Gasteiger partial charge >= 0.3 is 5.97 Å². The summed E-state index contributed by atoms with van der Waals surface area (Å²) in [6.45, 7) is 3.12. The van der Waals surface area contributed by atoms with Crippen molar-refractivity contribution in [3.05, 3.63) is 35.4 Å². The highest BCUT2D eigenvalue weighted by molar-refractivity contribution is 5.72. The normalized spacial score (nSPS) is 22.0. The molecule has 2 N–H and O–H groups in total. The van der Waals surface area contributed by atoms with Gasteiger partial charge in [-0.2, -0.15) is 0 Å². The number of hydrogen-bond acceptors (Lipinski definition) is 3. The highest BCUT2D eigenvalue weighted by Gasteiger charge is 2.20. The second-order valence-electron chi connectivity index (χ2n) is 6.12. The van der Waals surface area contributed by atoms with Gasteiger partial charge in [0.05, 0.1) is 13.0 Å². The Morgan fingerprint density at radius 2 is 1.67 bits per heavy atom. The van der Waals surface area contributed by atoms with Gasteiger partial charge < -0.3 is 10.5 Å². The fraction of sp³-hybridized carbons (Fsp3) is 0.611. The summed E-state index contributed by atoms with van der Waals surface area (Å²) in [4.78, 5) is 11.4. The van der Waals surface area contributed by atoms with Crippen LogP contribution in [0.1, 0.15) is 43.7 Å². The summed E-state index contributed by atoms with van der Waals surface area (Å²) >= 11 is 0. The van der Waals surface area contributed by atoms with Crippen molar-refractivity contribution in [1.82, 2.24) is 0 Å². The maximum Gasteiger partial charge on any atom is 0.310 e. The Morgan fingerprint density at radius 3 is 2.24 bits per heavy atom. The van der Waals surface area contributed by atoms with Crippen molar-refractivity contribution in [3.8, 4) is 0 Å². The zero-order valence-corrected chi connectivity index (χ0v) is 13.0. The lowest BCUT2D eigenvalue weighted by molar-refractivity contribution is -0.142. The largest absolute Gasteiger partial charge is 0.466 e. The minimum Gasteiger partial charge on any atom is -0.466 e. The number of esters is 1. The van der Waals surface area contributed by atoms with Crippen LogP contribution in [0.15, 0.2) is 24.3 Å². The Kier molecular flexibility index (Phi) is 6.24. The number of hydrogen-bond donors (Lipinski definition) is 1. The standard InChI is InChI=1S/C18H27NO2/c1-2-21-18(20)12-16-5-3-14(4-6-16)11-15-7-9-17(13-19)10-8-15/h3-6,15,17H,2,7-13,19H2,1H3. The van der Waals surface area contributed by atoms with E-state index >= 15 is 0 Å². The summed E-state index contributed by atoms with van der Waals surface area (Å²) in [7, 11) is 0. The van der Waals surface area contributed by atoms with Crippen molar-refractivity contribution < 1.29 is 9.53 Å². The lowest BCUT2D eigenvalue weighted by atomic mass is 9.79. The van der Waals surface area contributed by atoms with Gasteiger partial charge in [-0.3, -0.25) is 4.79 Å². The molecule has 3 nitrogen and oxygen atoms in total. The number of benzene rings is 1. The van der Waals surface area contributed by atoms with Crippen molar-refractivity contribution in [1.29, 1.82) is 0 Å². The van der Waals surface area contributed by atoms with E-state index in [4.69, 9.17) is 10.5 Å². The summed E-state index contributed by atoms with van der Waals surface area (Å²) in [6.07, 6.45) is 6.68. The van der Waals surface area contributed by atoms with E-state index in [1.165, 1.54) is 31.2 Å². The van der Waals surface area contributed by atoms with E-state index in [1.807, 2.05) is 6.92 Å². The fourth-order valence-electron chi connectivity index (χ4n) is 3.18. The smallest absolute Gasteiger partial charge is 0.310 e. The van der Waals surface area contributed by atoms with Crippen LogP contribution in [0.4, 0.5) is 0 Å². The molecule has 0 saturated heterocycles. The van der Waals surface area contributed by atoms with Crippen LogP contribution in [0, 0.1) is 11.8 Å². The Labute approximate surface area is 127 Å². The summed E-state index contributed by atoms with van der Waals surface area (Å²) in [5, 5.41) is 0. The molecular weight excluding hydrogens is 262 g/mol. The number of ether oxygens (including phenoxy) is 1. The fourth-order valence-corrected chi connectivity index (χ4v) is 3.18. The average Bonchev–Trinajstić information content (AvgIpc) is 2.50. The molecule has 0 aromatic heterocycles. The molecule has 2 rings (SSSR count). The molecule has 0 atom stereocenters. The monoisotopic (exact) mass is 289 g/mol. The quantitative estimate of drug-likeness (QED) is 0.819. The van der Waals surface area contributed by atoms with Crippen LogP contribution in [-0.4, -0.2) is 19.1 Å². The average molecular weight is 289 g/mol. The van der Waals surface area contributed by atoms with Crippen LogP contribution >= 0.6 is 0 Å². The van der Waals surface area contributed by atoms with Crippen molar-refractivity contribution in [2.75, 3.05) is 13.2 Å². The van der Waals surface area contributed by atoms with Gasteiger partial charge in [0.2, 0.25) is 0 Å². The first kappa shape index (κ1) is 16.0. The molecule has 1 aromatic rings. The highest BCUT2D eigenvalue weighted by atomic mass is 16.5. The van der Waals surface area contributed by atoms with Crippen molar-refractivity contribution in [2.24, 2.45) is 17.6 Å². The van der Waals surface area contributed by atoms with Crippen molar-refractivity contribution in [3.63, 3.8) is 0 Å². The third-order valence-corrected chi connectivity index (χ3v) is 4.50. The molecule has 1 fully saturated rings. The van der Waals surface area contributed by atoms with E-state index in [1.54, 1.807) is 0 Å². The van der Waals surface area contributed by atoms with Gasteiger partial charge in [0.25, 0.3) is 0 Å². The second kappa shape index (κ2) is 8.18. The molecule has 1 saturated carbocycles. The number of carbonyl (C=O) groups excluding carboxylic acids is 1. The van der Waals surface area contributed by atoms with E-state index in [0.717, 1.165) is 30.4 Å². The molecule has 0 amide bonds. The van der Waals surface area contributed by atoms with E-state index in [-0.39, 0.29) is 5.97 Å². The minimum atomic E-state index is -0.148. The van der Waals surface area contributed by atoms with Gasteiger partial charge in [0.1, 0.15) is 0 Å². The SMILES string of the molecule is CCOC(=O)Cc1ccc(CC2CCC(CN)CC2)cc1. The molecule has 0 heterocycles. The zero-order valence-electron chi connectivity index (χ0n) is 13.0. The molecule has 1 aliphatic rings. The molecule has 0 radical (unpaired) electrons. The van der Waals surface area contributed by atoms with Gasteiger partial charge in [0.15, 0.2) is 0 Å². The number of carbonyl (C=O) groups is 1. The van der Waals surface area contributed by atoms with Crippen LogP contribution < -0.4 is 5.73 Å². The van der Waals surface area contributed by atoms with E-state index in [9.17, 15) is 4.79 Å². The maximum absolute atomic E-state index is 11.4. The predicted molar refractivity (Wildman–Crippen MR) is 85.0 cm³/mol. The molecule has 1 aromatic carbocycles. The first-order valence-corrected chi connectivity index (χ1v) is 8.14. The second-order valence-corrected chi connectivity index (χ2v) is 6.12. The van der Waals surface area contributed by atoms with Crippen LogP contribution in [0.25, 0.3) is 0 Å². The van der Waals surface area contributed by atoms with Crippen LogP contribution in [0.5, 0.6) is 0 Å². The third kappa shape index (κ3) is 5.16. The highest BCUT2D eigenvalue weighted by Crippen LogP contribution is 2.30. The summed E-state index contributed by atoms with van der Waals surface area (Å²) in [5.41, 5.74) is 8.15. The predicted octanol–water partition coefficient (Wildman–Crippen LogP) is 3.10. The van der Waals surface area contributed by atoms with E-state index in [0.29, 0.717) is 13.0 Å². The molecule has 116 valence electrons. The van der Waals surface area contributed by atoms with E-state index < -0.39 is 0 Å². The van der Waals surface area contributed by atoms with Gasteiger partial charge in [-0.25, -0.2) is 0 Å². The molecule has 0 unspecified atom stereocenters. The van der Waals surface area contributed by atoms with Crippen LogP contribution in [0.2, 0.25) is 0 Å². The van der Waals surface area contributed by atoms with Crippen LogP contribution in [-0.2, 0) is 22.4 Å². The molecule has 1 aliphatic carbocycles. The van der Waals surface area contributed by atoms with Crippen LogP contribution in [0.3, 0.4) is 0 Å². The van der Waals surface area contributed by atoms with Crippen molar-refractivity contribution >= 4 is 5.97 Å². The summed E-state index contributed by atoms with van der Waals surface area (Å²) in [6, 6.07) is 8.42. The maximum atomic E-state index is 11.4. The Hall–Kier alpha value is -1.35. The molecular formula is C18H27NO2. The first-order valence-electron chi connectivity index (χ1n) is 8.14. The van der Waals surface area contributed by atoms with Gasteiger partial charge in [-0.1, -0.05) is 24.3 Å². The summed E-state index contributed by atoms with van der Waals surface area (Å²) in [5.74, 6) is 1.39. The molecule has 21 heavy (non-hydrogen) atoms. The topological polar surface area (TPSA) is 52.3 Å². The third-order valence-electron chi connectivity index (χ3n) is 4.50. The Morgan fingerprint density at radius 1 is 1.10 bits per heavy atom. The molecule has 3 heteroatoms. The van der Waals surface area contributed by atoms with Gasteiger partial charge in [-0.05, 0) is 68.5 Å². The first-order chi connectivity index (χ1) is 10.2. The summed E-state index contributed by atoms with van der Waals surface area (Å²) < 4.78 is 4.97. The van der Waals surface area contributed by atoms with Gasteiger partial charge in [0, 0.05) is 0 Å². The Bertz CT molecular complexity index is 433.